The van der Waals surface area contributed by atoms with E-state index in [1.54, 1.807) is 13.2 Å². The normalized spacial score (nSPS) is 19.8. The van der Waals surface area contributed by atoms with Gasteiger partial charge in [0, 0.05) is 31.0 Å². The third kappa shape index (κ3) is 4.92. The summed E-state index contributed by atoms with van der Waals surface area (Å²) in [6, 6.07) is 7.29. The minimum atomic E-state index is -0.367. The molecule has 2 aliphatic rings. The summed E-state index contributed by atoms with van der Waals surface area (Å²) in [5.74, 6) is 0.943. The Bertz CT molecular complexity index is 933. The number of amides is 2. The highest BCUT2D eigenvalue weighted by atomic mass is 16.5. The Labute approximate surface area is 183 Å². The van der Waals surface area contributed by atoms with Gasteiger partial charge in [-0.05, 0) is 50.3 Å². The second kappa shape index (κ2) is 9.54. The maximum Gasteiger partial charge on any atom is 0.294 e. The molecule has 1 atom stereocenters. The van der Waals surface area contributed by atoms with Crippen LogP contribution in [0.15, 0.2) is 28.8 Å². The fraction of sp³-hybridized carbons (Fsp3) is 0.542. The molecule has 0 bridgehead atoms. The monoisotopic (exact) mass is 425 g/mol. The van der Waals surface area contributed by atoms with Gasteiger partial charge in [-0.1, -0.05) is 30.5 Å². The van der Waals surface area contributed by atoms with Crippen LogP contribution in [0.4, 0.5) is 5.69 Å². The Hall–Kier alpha value is -2.83. The van der Waals surface area contributed by atoms with E-state index in [-0.39, 0.29) is 29.4 Å². The molecule has 7 nitrogen and oxygen atoms in total. The molecule has 1 aliphatic heterocycles. The highest BCUT2D eigenvalue weighted by Crippen LogP contribution is 2.31. The molecule has 166 valence electrons. The summed E-state index contributed by atoms with van der Waals surface area (Å²) >= 11 is 0. The van der Waals surface area contributed by atoms with E-state index in [1.165, 1.54) is 6.42 Å². The van der Waals surface area contributed by atoms with Crippen molar-refractivity contribution in [3.63, 3.8) is 0 Å². The fourth-order valence-electron chi connectivity index (χ4n) is 4.72. The van der Waals surface area contributed by atoms with Gasteiger partial charge in [0.25, 0.3) is 5.91 Å². The standard InChI is InChI=1S/C24H31N3O4/c1-16-10-11-21(30-2)20(13-16)25-23(28)22-14-19(26-31-22)18-9-6-12-27(15-18)24(29)17-7-4-3-5-8-17/h10-11,13-14,17-18H,3-9,12,15H2,1-2H3,(H,25,28). The summed E-state index contributed by atoms with van der Waals surface area (Å²) in [4.78, 5) is 27.6. The van der Waals surface area contributed by atoms with E-state index in [4.69, 9.17) is 9.26 Å². The number of benzene rings is 1. The van der Waals surface area contributed by atoms with Gasteiger partial charge in [0.05, 0.1) is 18.5 Å². The van der Waals surface area contributed by atoms with Crippen molar-refractivity contribution < 1.29 is 18.8 Å². The predicted octanol–water partition coefficient (Wildman–Crippen LogP) is 4.53. The number of carbonyl (C=O) groups is 2. The molecule has 1 unspecified atom stereocenters. The number of hydrogen-bond donors (Lipinski definition) is 1. The number of ether oxygens (including phenoxy) is 1. The SMILES string of the molecule is COc1ccc(C)cc1NC(=O)c1cc(C2CCCN(C(=O)C3CCCCC3)C2)no1. The van der Waals surface area contributed by atoms with E-state index in [2.05, 4.69) is 10.5 Å². The summed E-state index contributed by atoms with van der Waals surface area (Å²) in [7, 11) is 1.57. The number of nitrogens with zero attached hydrogens (tertiary/aromatic N) is 2. The largest absolute Gasteiger partial charge is 0.495 e. The third-order valence-corrected chi connectivity index (χ3v) is 6.46. The molecular formula is C24H31N3O4. The van der Waals surface area contributed by atoms with Gasteiger partial charge in [-0.15, -0.1) is 0 Å². The van der Waals surface area contributed by atoms with Crippen molar-refractivity contribution in [1.29, 1.82) is 0 Å². The fourth-order valence-corrected chi connectivity index (χ4v) is 4.72. The van der Waals surface area contributed by atoms with Gasteiger partial charge in [-0.2, -0.15) is 0 Å². The number of nitrogens with one attached hydrogen (secondary N) is 1. The number of aromatic nitrogens is 1. The number of likely N-dealkylation sites (tertiary alicyclic amines) is 1. The molecule has 7 heteroatoms. The molecular weight excluding hydrogens is 394 g/mol. The average molecular weight is 426 g/mol. The van der Waals surface area contributed by atoms with Gasteiger partial charge in [0.1, 0.15) is 5.75 Å². The van der Waals surface area contributed by atoms with Crippen LogP contribution in [0.5, 0.6) is 5.75 Å². The second-order valence-electron chi connectivity index (χ2n) is 8.73. The van der Waals surface area contributed by atoms with Crippen LogP contribution in [0.3, 0.4) is 0 Å². The molecule has 1 aliphatic carbocycles. The minimum Gasteiger partial charge on any atom is -0.495 e. The van der Waals surface area contributed by atoms with Crippen molar-refractivity contribution in [3.8, 4) is 5.75 Å². The molecule has 2 heterocycles. The number of anilines is 1. The van der Waals surface area contributed by atoms with Gasteiger partial charge >= 0.3 is 0 Å². The van der Waals surface area contributed by atoms with Crippen LogP contribution in [0.25, 0.3) is 0 Å². The van der Waals surface area contributed by atoms with Crippen molar-refractivity contribution in [2.75, 3.05) is 25.5 Å². The number of rotatable bonds is 5. The zero-order valence-corrected chi connectivity index (χ0v) is 18.4. The van der Waals surface area contributed by atoms with E-state index in [9.17, 15) is 9.59 Å². The molecule has 1 N–H and O–H groups in total. The van der Waals surface area contributed by atoms with Crippen LogP contribution in [0.2, 0.25) is 0 Å². The zero-order valence-electron chi connectivity index (χ0n) is 18.4. The lowest BCUT2D eigenvalue weighted by Gasteiger charge is -2.35. The summed E-state index contributed by atoms with van der Waals surface area (Å²) in [5, 5.41) is 7.01. The maximum absolute atomic E-state index is 12.9. The first-order valence-electron chi connectivity index (χ1n) is 11.3. The molecule has 1 aromatic carbocycles. The molecule has 2 fully saturated rings. The van der Waals surface area contributed by atoms with Gasteiger partial charge in [-0.3, -0.25) is 9.59 Å². The molecule has 31 heavy (non-hydrogen) atoms. The van der Waals surface area contributed by atoms with E-state index < -0.39 is 0 Å². The first kappa shape index (κ1) is 21.4. The average Bonchev–Trinajstić information content (AvgIpc) is 3.30. The van der Waals surface area contributed by atoms with Crippen LogP contribution in [-0.4, -0.2) is 42.1 Å². The smallest absolute Gasteiger partial charge is 0.294 e. The Balaban J connectivity index is 1.41. The summed E-state index contributed by atoms with van der Waals surface area (Å²) in [6.07, 6.45) is 7.45. The number of aryl methyl sites for hydroxylation is 1. The van der Waals surface area contributed by atoms with Crippen LogP contribution >= 0.6 is 0 Å². The molecule has 1 saturated carbocycles. The topological polar surface area (TPSA) is 84.7 Å². The van der Waals surface area contributed by atoms with Crippen LogP contribution in [-0.2, 0) is 4.79 Å². The van der Waals surface area contributed by atoms with Crippen molar-refractivity contribution in [2.24, 2.45) is 5.92 Å². The molecule has 0 spiro atoms. The van der Waals surface area contributed by atoms with Gasteiger partial charge in [-0.25, -0.2) is 0 Å². The number of piperidine rings is 1. The molecule has 0 radical (unpaired) electrons. The molecule has 1 saturated heterocycles. The van der Waals surface area contributed by atoms with Crippen LogP contribution in [0, 0.1) is 12.8 Å². The van der Waals surface area contributed by atoms with Crippen molar-refractivity contribution in [1.82, 2.24) is 10.1 Å². The van der Waals surface area contributed by atoms with Gasteiger partial charge < -0.3 is 19.5 Å². The van der Waals surface area contributed by atoms with Crippen LogP contribution in [0.1, 0.15) is 72.7 Å². The maximum atomic E-state index is 12.9. The number of carbonyl (C=O) groups excluding carboxylic acids is 2. The first-order chi connectivity index (χ1) is 15.0. The zero-order chi connectivity index (χ0) is 21.8. The predicted molar refractivity (Wildman–Crippen MR) is 117 cm³/mol. The quantitative estimate of drug-likeness (QED) is 0.761. The third-order valence-electron chi connectivity index (χ3n) is 6.46. The number of hydrogen-bond acceptors (Lipinski definition) is 5. The lowest BCUT2D eigenvalue weighted by atomic mass is 9.87. The minimum absolute atomic E-state index is 0.0973. The van der Waals surface area contributed by atoms with Crippen LogP contribution < -0.4 is 10.1 Å². The highest BCUT2D eigenvalue weighted by Gasteiger charge is 2.31. The van der Waals surface area contributed by atoms with E-state index >= 15 is 0 Å². The number of methoxy groups -OCH3 is 1. The van der Waals surface area contributed by atoms with Gasteiger partial charge in [0.2, 0.25) is 11.7 Å². The molecule has 2 aromatic rings. The van der Waals surface area contributed by atoms with Gasteiger partial charge in [0.15, 0.2) is 0 Å². The van der Waals surface area contributed by atoms with Crippen molar-refractivity contribution in [3.05, 3.63) is 41.3 Å². The second-order valence-corrected chi connectivity index (χ2v) is 8.73. The first-order valence-corrected chi connectivity index (χ1v) is 11.3. The highest BCUT2D eigenvalue weighted by molar-refractivity contribution is 6.03. The Morgan fingerprint density at radius 1 is 1.13 bits per heavy atom. The lowest BCUT2D eigenvalue weighted by molar-refractivity contribution is -0.137. The van der Waals surface area contributed by atoms with E-state index in [1.807, 2.05) is 30.0 Å². The molecule has 1 aromatic heterocycles. The molecule has 2 amide bonds. The summed E-state index contributed by atoms with van der Waals surface area (Å²) in [6.45, 7) is 3.41. The summed E-state index contributed by atoms with van der Waals surface area (Å²) in [5.41, 5.74) is 2.34. The van der Waals surface area contributed by atoms with E-state index in [0.717, 1.165) is 56.3 Å². The lowest BCUT2D eigenvalue weighted by Crippen LogP contribution is -2.42. The van der Waals surface area contributed by atoms with E-state index in [0.29, 0.717) is 18.0 Å². The molecule has 4 rings (SSSR count). The Kier molecular flexibility index (Phi) is 6.59. The Morgan fingerprint density at radius 2 is 1.94 bits per heavy atom. The van der Waals surface area contributed by atoms with Crippen molar-refractivity contribution >= 4 is 17.5 Å². The Morgan fingerprint density at radius 3 is 2.71 bits per heavy atom. The van der Waals surface area contributed by atoms with Crippen molar-refractivity contribution in [2.45, 2.75) is 57.8 Å². The summed E-state index contributed by atoms with van der Waals surface area (Å²) < 4.78 is 10.7.